The summed E-state index contributed by atoms with van der Waals surface area (Å²) in [5, 5.41) is 20.8. The Kier molecular flexibility index (Phi) is 31.7. The fourth-order valence-electron chi connectivity index (χ4n) is 6.53. The molecule has 13 heteroatoms. The highest BCUT2D eigenvalue weighted by atomic mass is 31.2. The van der Waals surface area contributed by atoms with Crippen LogP contribution in [0, 0.1) is 11.8 Å². The van der Waals surface area contributed by atoms with Crippen molar-refractivity contribution in [2.75, 3.05) is 47.5 Å². The van der Waals surface area contributed by atoms with Crippen molar-refractivity contribution in [3.8, 4) is 0 Å². The topological polar surface area (TPSA) is 169 Å². The predicted octanol–water partition coefficient (Wildman–Crippen LogP) is 8.98. The summed E-state index contributed by atoms with van der Waals surface area (Å²) in [6.45, 7) is 3.65. The third kappa shape index (κ3) is 31.5. The summed E-state index contributed by atoms with van der Waals surface area (Å²) in [5.74, 6) is -1.68. The predicted molar refractivity (Wildman–Crippen MR) is 241 cm³/mol. The van der Waals surface area contributed by atoms with Gasteiger partial charge in [0.2, 0.25) is 0 Å². The van der Waals surface area contributed by atoms with Crippen LogP contribution in [0.5, 0.6) is 0 Å². The van der Waals surface area contributed by atoms with Crippen molar-refractivity contribution in [2.45, 2.75) is 154 Å². The number of unbranched alkanes of at least 4 members (excludes halogenated alkanes) is 6. The molecule has 348 valence electrons. The molecule has 1 rings (SSSR count). The fraction of sp³-hybridized carbons (Fsp3) is 0.688. The van der Waals surface area contributed by atoms with Crippen molar-refractivity contribution in [3.63, 3.8) is 0 Å². The molecule has 0 heterocycles. The average Bonchev–Trinajstić information content (AvgIpc) is 3.47. The van der Waals surface area contributed by atoms with E-state index in [4.69, 9.17) is 18.5 Å². The molecular formula is C48H80NO11P. The first kappa shape index (κ1) is 56.1. The van der Waals surface area contributed by atoms with E-state index < -0.39 is 50.6 Å². The molecule has 1 aliphatic carbocycles. The van der Waals surface area contributed by atoms with E-state index in [-0.39, 0.29) is 44.2 Å². The number of hydrogen-bond acceptors (Lipinski definition) is 11. The first-order chi connectivity index (χ1) is 29.2. The summed E-state index contributed by atoms with van der Waals surface area (Å²) in [5.41, 5.74) is 0. The molecule has 1 fully saturated rings. The second-order valence-electron chi connectivity index (χ2n) is 16.8. The van der Waals surface area contributed by atoms with Gasteiger partial charge in [-0.15, -0.1) is 0 Å². The number of aliphatic hydroxyl groups excluding tert-OH is 2. The van der Waals surface area contributed by atoms with E-state index in [0.717, 1.165) is 64.2 Å². The lowest BCUT2D eigenvalue weighted by Gasteiger charge is -2.28. The van der Waals surface area contributed by atoms with Gasteiger partial charge >= 0.3 is 11.9 Å². The minimum absolute atomic E-state index is 0.00754. The molecule has 2 N–H and O–H groups in total. The molecule has 1 saturated carbocycles. The molecule has 0 aromatic heterocycles. The maximum absolute atomic E-state index is 12.8. The largest absolute Gasteiger partial charge is 0.756 e. The summed E-state index contributed by atoms with van der Waals surface area (Å²) in [6.07, 6.45) is 35.6. The van der Waals surface area contributed by atoms with Gasteiger partial charge in [0.15, 0.2) is 6.10 Å². The molecular weight excluding hydrogens is 797 g/mol. The maximum Gasteiger partial charge on any atom is 0.306 e. The summed E-state index contributed by atoms with van der Waals surface area (Å²) < 4.78 is 33.8. The summed E-state index contributed by atoms with van der Waals surface area (Å²) in [6, 6.07) is 0. The SMILES string of the molecule is CC/C=C\C/C=C\C/C=C\C/C=C\C/C=C\CCCC(=O)OC[C@H](COP(=O)([O-])OCC[N+](C)(C)C)OC(=O)CCCCCC[C@H]1[C@@H](O)CC(=O)[C@@H]1/C=C/[C@@H](O)CCCCC. The van der Waals surface area contributed by atoms with Crippen LogP contribution in [-0.4, -0.2) is 98.2 Å². The van der Waals surface area contributed by atoms with Crippen LogP contribution in [0.4, 0.5) is 0 Å². The molecule has 0 spiro atoms. The molecule has 0 radical (unpaired) electrons. The number of hydrogen-bond donors (Lipinski definition) is 2. The van der Waals surface area contributed by atoms with E-state index in [1.165, 1.54) is 0 Å². The van der Waals surface area contributed by atoms with Gasteiger partial charge in [0, 0.05) is 25.2 Å². The Morgan fingerprint density at radius 2 is 1.41 bits per heavy atom. The Balaban J connectivity index is 2.51. The first-order valence-corrected chi connectivity index (χ1v) is 24.2. The molecule has 6 atom stereocenters. The van der Waals surface area contributed by atoms with Gasteiger partial charge in [0.1, 0.15) is 25.5 Å². The van der Waals surface area contributed by atoms with E-state index in [0.29, 0.717) is 49.6 Å². The van der Waals surface area contributed by atoms with Crippen LogP contribution < -0.4 is 4.89 Å². The van der Waals surface area contributed by atoms with Gasteiger partial charge in [-0.05, 0) is 70.1 Å². The molecule has 0 aromatic rings. The third-order valence-corrected chi connectivity index (χ3v) is 11.1. The van der Waals surface area contributed by atoms with Gasteiger partial charge in [-0.1, -0.05) is 125 Å². The average molecular weight is 878 g/mol. The quantitative estimate of drug-likeness (QED) is 0.0203. The Morgan fingerprint density at radius 1 is 0.803 bits per heavy atom. The molecule has 0 aliphatic heterocycles. The van der Waals surface area contributed by atoms with Crippen LogP contribution in [0.3, 0.4) is 0 Å². The highest BCUT2D eigenvalue weighted by Crippen LogP contribution is 2.38. The number of aliphatic hydroxyl groups is 2. The minimum atomic E-state index is -4.71. The van der Waals surface area contributed by atoms with Gasteiger partial charge < -0.3 is 38.1 Å². The Morgan fingerprint density at radius 3 is 2.03 bits per heavy atom. The maximum atomic E-state index is 12.8. The molecule has 0 bridgehead atoms. The van der Waals surface area contributed by atoms with Gasteiger partial charge in [-0.25, -0.2) is 0 Å². The lowest BCUT2D eigenvalue weighted by atomic mass is 9.88. The van der Waals surface area contributed by atoms with Gasteiger partial charge in [0.25, 0.3) is 7.82 Å². The number of carbonyl (C=O) groups excluding carboxylic acids is 3. The molecule has 1 unspecified atom stereocenters. The van der Waals surface area contributed by atoms with Crippen molar-refractivity contribution in [1.82, 2.24) is 0 Å². The first-order valence-electron chi connectivity index (χ1n) is 22.7. The van der Waals surface area contributed by atoms with Crippen LogP contribution in [0.25, 0.3) is 0 Å². The van der Waals surface area contributed by atoms with Gasteiger partial charge in [-0.2, -0.15) is 0 Å². The van der Waals surface area contributed by atoms with E-state index in [2.05, 4.69) is 68.5 Å². The van der Waals surface area contributed by atoms with E-state index in [9.17, 15) is 34.1 Å². The number of phosphoric acid groups is 1. The zero-order chi connectivity index (χ0) is 45.2. The number of quaternary nitrogens is 1. The third-order valence-electron chi connectivity index (χ3n) is 10.1. The zero-order valence-electron chi connectivity index (χ0n) is 38.0. The molecule has 61 heavy (non-hydrogen) atoms. The van der Waals surface area contributed by atoms with Gasteiger partial charge in [-0.3, -0.25) is 18.9 Å². The van der Waals surface area contributed by atoms with Gasteiger partial charge in [0.05, 0.1) is 40.0 Å². The van der Waals surface area contributed by atoms with Crippen LogP contribution in [0.1, 0.15) is 136 Å². The number of esters is 2. The monoisotopic (exact) mass is 878 g/mol. The van der Waals surface area contributed by atoms with Crippen molar-refractivity contribution in [1.29, 1.82) is 0 Å². The number of rotatable bonds is 36. The number of phosphoric ester groups is 1. The lowest BCUT2D eigenvalue weighted by Crippen LogP contribution is -2.37. The number of carbonyl (C=O) groups is 3. The smallest absolute Gasteiger partial charge is 0.306 e. The number of Topliss-reactive ketones (excluding diaryl/α,β-unsaturated/α-hetero) is 1. The number of allylic oxidation sites excluding steroid dienone is 11. The standard InChI is InChI=1S/C48H80NO11P/c1-6-8-10-11-12-13-14-15-16-17-18-19-20-21-22-23-28-32-47(53)57-39-42(40-59-61(55,56)58-37-36-49(3,4)5)60-48(54)33-29-25-24-27-31-43-44(46(52)38-45(43)51)35-34-41(50)30-26-9-7-2/h8,10,12-13,15-16,18-19,21-22,34-35,41-45,50-51H,6-7,9,11,14,17,20,23-33,36-40H2,1-5H3/b10-8-,13-12-,16-15-,19-18-,22-21-,35-34+/t41-,42+,43+,44+,45-/m0/s1. The summed E-state index contributed by atoms with van der Waals surface area (Å²) in [4.78, 5) is 50.3. The van der Waals surface area contributed by atoms with E-state index >= 15 is 0 Å². The molecule has 0 saturated heterocycles. The van der Waals surface area contributed by atoms with E-state index in [1.54, 1.807) is 12.2 Å². The number of likely N-dealkylation sites (N-methyl/N-ethyl adjacent to an activating group) is 1. The van der Waals surface area contributed by atoms with E-state index in [1.807, 2.05) is 27.2 Å². The number of ketones is 1. The number of ether oxygens (including phenoxy) is 2. The lowest BCUT2D eigenvalue weighted by molar-refractivity contribution is -0.870. The molecule has 0 aromatic carbocycles. The zero-order valence-corrected chi connectivity index (χ0v) is 38.9. The van der Waals surface area contributed by atoms with Crippen LogP contribution >= 0.6 is 7.82 Å². The number of nitrogens with zero attached hydrogens (tertiary/aromatic N) is 1. The molecule has 12 nitrogen and oxygen atoms in total. The normalized spacial score (nSPS) is 19.7. The Labute approximate surface area is 368 Å². The van der Waals surface area contributed by atoms with Crippen LogP contribution in [-0.2, 0) is 37.5 Å². The molecule has 0 amide bonds. The van der Waals surface area contributed by atoms with Crippen molar-refractivity contribution >= 4 is 25.5 Å². The summed E-state index contributed by atoms with van der Waals surface area (Å²) >= 11 is 0. The second-order valence-corrected chi connectivity index (χ2v) is 18.2. The highest BCUT2D eigenvalue weighted by molar-refractivity contribution is 7.45. The Hall–Kier alpha value is -2.96. The second kappa shape index (κ2) is 34.5. The Bertz CT molecular complexity index is 1430. The van der Waals surface area contributed by atoms with Crippen molar-refractivity contribution < 1.29 is 57.1 Å². The van der Waals surface area contributed by atoms with Crippen LogP contribution in [0.2, 0.25) is 0 Å². The fourth-order valence-corrected chi connectivity index (χ4v) is 7.26. The van der Waals surface area contributed by atoms with Crippen molar-refractivity contribution in [2.24, 2.45) is 11.8 Å². The van der Waals surface area contributed by atoms with Crippen molar-refractivity contribution in [3.05, 3.63) is 72.9 Å². The minimum Gasteiger partial charge on any atom is -0.756 e. The van der Waals surface area contributed by atoms with Crippen LogP contribution in [0.15, 0.2) is 72.9 Å². The molecule has 1 aliphatic rings. The highest BCUT2D eigenvalue weighted by Gasteiger charge is 2.39. The summed E-state index contributed by atoms with van der Waals surface area (Å²) in [7, 11) is 0.977.